The second-order valence-electron chi connectivity index (χ2n) is 4.76. The molecule has 22 heavy (non-hydrogen) atoms. The fourth-order valence-electron chi connectivity index (χ4n) is 2.09. The van der Waals surface area contributed by atoms with Crippen molar-refractivity contribution in [3.05, 3.63) is 59.7 Å². The number of hydrogen-bond acceptors (Lipinski definition) is 3. The molecule has 3 nitrogen and oxygen atoms in total. The maximum Gasteiger partial charge on any atom is 0.119 e. The first kappa shape index (κ1) is 18.3. The number of benzene rings is 2. The van der Waals surface area contributed by atoms with Gasteiger partial charge in [0.2, 0.25) is 0 Å². The molecule has 0 unspecified atom stereocenters. The molecule has 1 N–H and O–H groups in total. The molecule has 0 amide bonds. The van der Waals surface area contributed by atoms with Crippen LogP contribution in [0.3, 0.4) is 0 Å². The smallest absolute Gasteiger partial charge is 0.119 e. The SMILES string of the molecule is CCOc1ccc(CNCc2ccc(OCC)cc2)cc1.Cl. The van der Waals surface area contributed by atoms with Gasteiger partial charge < -0.3 is 14.8 Å². The molecule has 4 heteroatoms. The third-order valence-electron chi connectivity index (χ3n) is 3.13. The minimum atomic E-state index is 0. The first-order chi connectivity index (χ1) is 10.3. The molecule has 2 aromatic rings. The Kier molecular flexibility index (Phi) is 8.41. The molecule has 120 valence electrons. The van der Waals surface area contributed by atoms with Gasteiger partial charge in [0.15, 0.2) is 0 Å². The van der Waals surface area contributed by atoms with E-state index in [1.807, 2.05) is 38.1 Å². The highest BCUT2D eigenvalue weighted by atomic mass is 35.5. The predicted octanol–water partition coefficient (Wildman–Crippen LogP) is 4.20. The summed E-state index contributed by atoms with van der Waals surface area (Å²) in [5.74, 6) is 1.85. The van der Waals surface area contributed by atoms with E-state index in [4.69, 9.17) is 9.47 Å². The molecule has 0 aromatic heterocycles. The molecule has 0 atom stereocenters. The van der Waals surface area contributed by atoms with Crippen molar-refractivity contribution in [3.63, 3.8) is 0 Å². The Hall–Kier alpha value is -1.71. The predicted molar refractivity (Wildman–Crippen MR) is 93.0 cm³/mol. The molecular formula is C18H24ClNO2. The van der Waals surface area contributed by atoms with E-state index >= 15 is 0 Å². The van der Waals surface area contributed by atoms with Crippen molar-refractivity contribution >= 4 is 12.4 Å². The maximum atomic E-state index is 5.43. The molecule has 0 radical (unpaired) electrons. The van der Waals surface area contributed by atoms with Crippen LogP contribution in [0.15, 0.2) is 48.5 Å². The molecule has 2 aromatic carbocycles. The number of halogens is 1. The molecule has 0 fully saturated rings. The van der Waals surface area contributed by atoms with E-state index in [0.29, 0.717) is 13.2 Å². The lowest BCUT2D eigenvalue weighted by Gasteiger charge is -2.08. The van der Waals surface area contributed by atoms with Gasteiger partial charge in [-0.3, -0.25) is 0 Å². The Labute approximate surface area is 139 Å². The van der Waals surface area contributed by atoms with Gasteiger partial charge in [0.1, 0.15) is 11.5 Å². The van der Waals surface area contributed by atoms with Crippen molar-refractivity contribution in [1.29, 1.82) is 0 Å². The molecule has 0 bridgehead atoms. The summed E-state index contributed by atoms with van der Waals surface area (Å²) in [5.41, 5.74) is 2.51. The highest BCUT2D eigenvalue weighted by molar-refractivity contribution is 5.85. The summed E-state index contributed by atoms with van der Waals surface area (Å²) in [7, 11) is 0. The fourth-order valence-corrected chi connectivity index (χ4v) is 2.09. The van der Waals surface area contributed by atoms with Gasteiger partial charge in [-0.25, -0.2) is 0 Å². The number of rotatable bonds is 8. The van der Waals surface area contributed by atoms with Crippen molar-refractivity contribution in [2.75, 3.05) is 13.2 Å². The Morgan fingerprint density at radius 1 is 0.682 bits per heavy atom. The third kappa shape index (κ3) is 5.96. The third-order valence-corrected chi connectivity index (χ3v) is 3.13. The number of ether oxygens (including phenoxy) is 2. The van der Waals surface area contributed by atoms with Gasteiger partial charge >= 0.3 is 0 Å². The molecule has 0 aliphatic rings. The van der Waals surface area contributed by atoms with Crippen LogP contribution in [0.2, 0.25) is 0 Å². The molecule has 0 saturated carbocycles. The monoisotopic (exact) mass is 321 g/mol. The average molecular weight is 322 g/mol. The van der Waals surface area contributed by atoms with Crippen LogP contribution in [-0.4, -0.2) is 13.2 Å². The van der Waals surface area contributed by atoms with Crippen LogP contribution in [0.25, 0.3) is 0 Å². The Balaban J connectivity index is 0.00000242. The van der Waals surface area contributed by atoms with E-state index in [-0.39, 0.29) is 12.4 Å². The summed E-state index contributed by atoms with van der Waals surface area (Å²) in [6.07, 6.45) is 0. The second kappa shape index (κ2) is 10.1. The zero-order valence-corrected chi connectivity index (χ0v) is 14.0. The zero-order chi connectivity index (χ0) is 14.9. The summed E-state index contributed by atoms with van der Waals surface area (Å²) in [4.78, 5) is 0. The van der Waals surface area contributed by atoms with Crippen LogP contribution in [0.1, 0.15) is 25.0 Å². The van der Waals surface area contributed by atoms with E-state index in [2.05, 4.69) is 29.6 Å². The second-order valence-corrected chi connectivity index (χ2v) is 4.76. The molecule has 0 aliphatic heterocycles. The summed E-state index contributed by atoms with van der Waals surface area (Å²) >= 11 is 0. The van der Waals surface area contributed by atoms with Crippen LogP contribution in [0.4, 0.5) is 0 Å². The Morgan fingerprint density at radius 2 is 1.05 bits per heavy atom. The summed E-state index contributed by atoms with van der Waals surface area (Å²) < 4.78 is 10.9. The molecular weight excluding hydrogens is 298 g/mol. The van der Waals surface area contributed by atoms with Crippen molar-refractivity contribution in [1.82, 2.24) is 5.32 Å². The molecule has 0 spiro atoms. The Bertz CT molecular complexity index is 476. The van der Waals surface area contributed by atoms with Gasteiger partial charge in [0.05, 0.1) is 13.2 Å². The Morgan fingerprint density at radius 3 is 1.36 bits per heavy atom. The van der Waals surface area contributed by atoms with Crippen LogP contribution in [0, 0.1) is 0 Å². The van der Waals surface area contributed by atoms with E-state index in [1.54, 1.807) is 0 Å². The maximum absolute atomic E-state index is 5.43. The highest BCUT2D eigenvalue weighted by Crippen LogP contribution is 2.13. The largest absolute Gasteiger partial charge is 0.494 e. The first-order valence-electron chi connectivity index (χ1n) is 7.46. The zero-order valence-electron chi connectivity index (χ0n) is 13.2. The molecule has 0 heterocycles. The van der Waals surface area contributed by atoms with Gasteiger partial charge in [-0.15, -0.1) is 12.4 Å². The van der Waals surface area contributed by atoms with Crippen LogP contribution in [0.5, 0.6) is 11.5 Å². The average Bonchev–Trinajstić information content (AvgIpc) is 2.51. The van der Waals surface area contributed by atoms with Gasteiger partial charge in [-0.2, -0.15) is 0 Å². The van der Waals surface area contributed by atoms with Crippen molar-refractivity contribution < 1.29 is 9.47 Å². The topological polar surface area (TPSA) is 30.5 Å². The van der Waals surface area contributed by atoms with Gasteiger partial charge in [0, 0.05) is 13.1 Å². The number of hydrogen-bond donors (Lipinski definition) is 1. The van der Waals surface area contributed by atoms with Crippen LogP contribution < -0.4 is 14.8 Å². The summed E-state index contributed by atoms with van der Waals surface area (Å²) in [5, 5.41) is 3.44. The van der Waals surface area contributed by atoms with Crippen LogP contribution in [-0.2, 0) is 13.1 Å². The molecule has 2 rings (SSSR count). The quantitative estimate of drug-likeness (QED) is 0.790. The van der Waals surface area contributed by atoms with E-state index in [9.17, 15) is 0 Å². The lowest BCUT2D eigenvalue weighted by molar-refractivity contribution is 0.340. The van der Waals surface area contributed by atoms with E-state index in [0.717, 1.165) is 24.6 Å². The normalized spacial score (nSPS) is 9.91. The van der Waals surface area contributed by atoms with Gasteiger partial charge in [0.25, 0.3) is 0 Å². The van der Waals surface area contributed by atoms with Crippen molar-refractivity contribution in [2.24, 2.45) is 0 Å². The van der Waals surface area contributed by atoms with E-state index in [1.165, 1.54) is 11.1 Å². The number of nitrogens with one attached hydrogen (secondary N) is 1. The minimum Gasteiger partial charge on any atom is -0.494 e. The lowest BCUT2D eigenvalue weighted by atomic mass is 10.2. The van der Waals surface area contributed by atoms with Gasteiger partial charge in [-0.05, 0) is 49.2 Å². The standard InChI is InChI=1S/C18H23NO2.ClH/c1-3-20-17-9-5-15(6-10-17)13-19-14-16-7-11-18(12-8-16)21-4-2;/h5-12,19H,3-4,13-14H2,1-2H3;1H. The van der Waals surface area contributed by atoms with Crippen molar-refractivity contribution in [2.45, 2.75) is 26.9 Å². The van der Waals surface area contributed by atoms with Crippen LogP contribution >= 0.6 is 12.4 Å². The molecule has 0 saturated heterocycles. The lowest BCUT2D eigenvalue weighted by Crippen LogP contribution is -2.12. The minimum absolute atomic E-state index is 0. The summed E-state index contributed by atoms with van der Waals surface area (Å²) in [6, 6.07) is 16.4. The molecule has 0 aliphatic carbocycles. The highest BCUT2D eigenvalue weighted by Gasteiger charge is 1.97. The first-order valence-corrected chi connectivity index (χ1v) is 7.46. The van der Waals surface area contributed by atoms with Crippen molar-refractivity contribution in [3.8, 4) is 11.5 Å². The van der Waals surface area contributed by atoms with Gasteiger partial charge in [-0.1, -0.05) is 24.3 Å². The fraction of sp³-hybridized carbons (Fsp3) is 0.333. The summed E-state index contributed by atoms with van der Waals surface area (Å²) in [6.45, 7) is 7.09. The van der Waals surface area contributed by atoms with E-state index < -0.39 is 0 Å².